The summed E-state index contributed by atoms with van der Waals surface area (Å²) in [4.78, 5) is 6.57. The van der Waals surface area contributed by atoms with Crippen LogP contribution in [0.5, 0.6) is 0 Å². The Morgan fingerprint density at radius 2 is 2.23 bits per heavy atom. The highest BCUT2D eigenvalue weighted by molar-refractivity contribution is 7.08. The SMILES string of the molecule is Cc1nc(C2CN(c3ccc4nnc(-c5ccsc5)n4n3)CCO2)n[nH]1. The van der Waals surface area contributed by atoms with Gasteiger partial charge in [0, 0.05) is 17.5 Å². The topological polar surface area (TPSA) is 97.1 Å². The molecule has 132 valence electrons. The summed E-state index contributed by atoms with van der Waals surface area (Å²) in [6.45, 7) is 3.88. The van der Waals surface area contributed by atoms with E-state index < -0.39 is 0 Å². The number of ether oxygens (including phenoxy) is 1. The molecular weight excluding hydrogens is 352 g/mol. The minimum Gasteiger partial charge on any atom is -0.366 e. The van der Waals surface area contributed by atoms with Gasteiger partial charge in [-0.25, -0.2) is 4.98 Å². The van der Waals surface area contributed by atoms with Crippen molar-refractivity contribution in [2.24, 2.45) is 0 Å². The first-order valence-corrected chi connectivity index (χ1v) is 9.23. The number of hydrogen-bond donors (Lipinski definition) is 1. The Morgan fingerprint density at radius 1 is 1.27 bits per heavy atom. The quantitative estimate of drug-likeness (QED) is 0.589. The van der Waals surface area contributed by atoms with E-state index in [1.807, 2.05) is 35.9 Å². The number of nitrogens with one attached hydrogen (secondary N) is 1. The van der Waals surface area contributed by atoms with Crippen molar-refractivity contribution in [2.75, 3.05) is 24.6 Å². The molecule has 4 aromatic rings. The van der Waals surface area contributed by atoms with E-state index in [1.54, 1.807) is 15.9 Å². The average Bonchev–Trinajstić information content (AvgIpc) is 3.41. The average molecular weight is 368 g/mol. The summed E-state index contributed by atoms with van der Waals surface area (Å²) in [7, 11) is 0. The van der Waals surface area contributed by atoms with Crippen molar-refractivity contribution in [2.45, 2.75) is 13.0 Å². The molecule has 1 aliphatic heterocycles. The molecule has 5 rings (SSSR count). The number of nitrogens with zero attached hydrogens (tertiary/aromatic N) is 7. The molecule has 10 heteroatoms. The van der Waals surface area contributed by atoms with E-state index in [0.29, 0.717) is 19.0 Å². The number of hydrogen-bond acceptors (Lipinski definition) is 8. The summed E-state index contributed by atoms with van der Waals surface area (Å²) in [6.07, 6.45) is -0.177. The third-order valence-electron chi connectivity index (χ3n) is 4.32. The number of morpholine rings is 1. The van der Waals surface area contributed by atoms with E-state index in [0.717, 1.165) is 35.2 Å². The van der Waals surface area contributed by atoms with Crippen molar-refractivity contribution in [3.8, 4) is 11.4 Å². The zero-order valence-corrected chi connectivity index (χ0v) is 14.8. The number of aromatic nitrogens is 7. The molecular formula is C16H16N8OS. The van der Waals surface area contributed by atoms with Gasteiger partial charge in [-0.2, -0.15) is 21.0 Å². The normalized spacial score (nSPS) is 17.9. The fourth-order valence-corrected chi connectivity index (χ4v) is 3.67. The van der Waals surface area contributed by atoms with Crippen LogP contribution in [0.3, 0.4) is 0 Å². The molecule has 4 aromatic heterocycles. The molecule has 26 heavy (non-hydrogen) atoms. The lowest BCUT2D eigenvalue weighted by Crippen LogP contribution is -2.39. The number of rotatable bonds is 3. The predicted molar refractivity (Wildman–Crippen MR) is 96.1 cm³/mol. The lowest BCUT2D eigenvalue weighted by molar-refractivity contribution is 0.0339. The first-order chi connectivity index (χ1) is 12.8. The van der Waals surface area contributed by atoms with E-state index in [2.05, 4.69) is 30.3 Å². The zero-order valence-electron chi connectivity index (χ0n) is 14.0. The molecule has 1 atom stereocenters. The summed E-state index contributed by atoms with van der Waals surface area (Å²) >= 11 is 1.63. The van der Waals surface area contributed by atoms with Gasteiger partial charge >= 0.3 is 0 Å². The molecule has 1 aliphatic rings. The summed E-state index contributed by atoms with van der Waals surface area (Å²) in [6, 6.07) is 5.92. The molecule has 1 fully saturated rings. The summed E-state index contributed by atoms with van der Waals surface area (Å²) in [5.41, 5.74) is 1.74. The van der Waals surface area contributed by atoms with Crippen molar-refractivity contribution < 1.29 is 4.74 Å². The second kappa shape index (κ2) is 6.15. The van der Waals surface area contributed by atoms with Crippen molar-refractivity contribution >= 4 is 22.8 Å². The van der Waals surface area contributed by atoms with E-state index in [1.165, 1.54) is 0 Å². The molecule has 0 saturated carbocycles. The molecule has 0 radical (unpaired) electrons. The third kappa shape index (κ3) is 2.63. The van der Waals surface area contributed by atoms with E-state index >= 15 is 0 Å². The second-order valence-electron chi connectivity index (χ2n) is 6.08. The van der Waals surface area contributed by atoms with E-state index in [9.17, 15) is 0 Å². The van der Waals surface area contributed by atoms with Crippen LogP contribution in [0.15, 0.2) is 29.0 Å². The number of anilines is 1. The number of thiophene rings is 1. The molecule has 0 spiro atoms. The maximum Gasteiger partial charge on any atom is 0.186 e. The van der Waals surface area contributed by atoms with Crippen molar-refractivity contribution in [1.82, 2.24) is 35.0 Å². The highest BCUT2D eigenvalue weighted by atomic mass is 32.1. The number of aryl methyl sites for hydroxylation is 1. The largest absolute Gasteiger partial charge is 0.366 e. The molecule has 1 saturated heterocycles. The second-order valence-corrected chi connectivity index (χ2v) is 6.86. The third-order valence-corrected chi connectivity index (χ3v) is 5.00. The molecule has 9 nitrogen and oxygen atoms in total. The van der Waals surface area contributed by atoms with Gasteiger partial charge in [0.1, 0.15) is 17.7 Å². The van der Waals surface area contributed by atoms with Crippen molar-refractivity contribution in [3.63, 3.8) is 0 Å². The number of fused-ring (bicyclic) bond motifs is 1. The van der Waals surface area contributed by atoms with Crippen LogP contribution in [-0.2, 0) is 4.74 Å². The number of H-pyrrole nitrogens is 1. The van der Waals surface area contributed by atoms with Gasteiger partial charge < -0.3 is 9.64 Å². The lowest BCUT2D eigenvalue weighted by atomic mass is 10.2. The summed E-state index contributed by atoms with van der Waals surface area (Å²) in [5.74, 6) is 3.06. The Balaban J connectivity index is 1.47. The van der Waals surface area contributed by atoms with Gasteiger partial charge in [-0.15, -0.1) is 15.3 Å². The molecule has 0 aliphatic carbocycles. The molecule has 1 N–H and O–H groups in total. The van der Waals surface area contributed by atoms with Crippen LogP contribution < -0.4 is 4.90 Å². The van der Waals surface area contributed by atoms with Gasteiger partial charge in [-0.05, 0) is 30.5 Å². The maximum atomic E-state index is 5.84. The van der Waals surface area contributed by atoms with E-state index in [-0.39, 0.29) is 6.10 Å². The van der Waals surface area contributed by atoms with Crippen LogP contribution in [0, 0.1) is 6.92 Å². The van der Waals surface area contributed by atoms with Gasteiger partial charge in [0.05, 0.1) is 13.2 Å². The van der Waals surface area contributed by atoms with Crippen LogP contribution in [0.2, 0.25) is 0 Å². The first kappa shape index (κ1) is 15.4. The van der Waals surface area contributed by atoms with Crippen LogP contribution >= 0.6 is 11.3 Å². The predicted octanol–water partition coefficient (Wildman–Crippen LogP) is 1.86. The number of aromatic amines is 1. The summed E-state index contributed by atoms with van der Waals surface area (Å²) < 4.78 is 7.63. The van der Waals surface area contributed by atoms with Gasteiger partial charge in [0.2, 0.25) is 0 Å². The van der Waals surface area contributed by atoms with Gasteiger partial charge in [-0.3, -0.25) is 5.10 Å². The zero-order chi connectivity index (χ0) is 17.5. The molecule has 1 unspecified atom stereocenters. The standard InChI is InChI=1S/C16H16N8OS/c1-10-17-15(20-18-10)12-8-23(5-6-25-12)14-3-2-13-19-21-16(24(13)22-14)11-4-7-26-9-11/h2-4,7,9,12H,5-6,8H2,1H3,(H,17,18,20). The Morgan fingerprint density at radius 3 is 3.04 bits per heavy atom. The Bertz CT molecular complexity index is 1040. The highest BCUT2D eigenvalue weighted by Gasteiger charge is 2.26. The maximum absolute atomic E-state index is 5.84. The molecule has 5 heterocycles. The minimum atomic E-state index is -0.177. The fourth-order valence-electron chi connectivity index (χ4n) is 3.04. The van der Waals surface area contributed by atoms with Crippen LogP contribution in [0.1, 0.15) is 17.8 Å². The van der Waals surface area contributed by atoms with Crippen LogP contribution in [0.25, 0.3) is 17.0 Å². The Labute approximate surface area is 152 Å². The first-order valence-electron chi connectivity index (χ1n) is 8.28. The molecule has 0 bridgehead atoms. The fraction of sp³-hybridized carbons (Fsp3) is 0.312. The Kier molecular flexibility index (Phi) is 3.64. The Hall–Kier alpha value is -2.85. The van der Waals surface area contributed by atoms with Gasteiger partial charge in [0.25, 0.3) is 0 Å². The smallest absolute Gasteiger partial charge is 0.186 e. The van der Waals surface area contributed by atoms with Crippen LogP contribution in [-0.4, -0.2) is 54.7 Å². The monoisotopic (exact) mass is 368 g/mol. The molecule has 0 aromatic carbocycles. The van der Waals surface area contributed by atoms with Crippen LogP contribution in [0.4, 0.5) is 5.82 Å². The minimum absolute atomic E-state index is 0.177. The van der Waals surface area contributed by atoms with Gasteiger partial charge in [0.15, 0.2) is 17.3 Å². The molecule has 0 amide bonds. The van der Waals surface area contributed by atoms with Crippen molar-refractivity contribution in [1.29, 1.82) is 0 Å². The summed E-state index contributed by atoms with van der Waals surface area (Å²) in [5, 5.41) is 24.4. The van der Waals surface area contributed by atoms with Gasteiger partial charge in [-0.1, -0.05) is 0 Å². The van der Waals surface area contributed by atoms with Crippen molar-refractivity contribution in [3.05, 3.63) is 40.6 Å². The lowest BCUT2D eigenvalue weighted by Gasteiger charge is -2.32. The highest BCUT2D eigenvalue weighted by Crippen LogP contribution is 2.25. The van der Waals surface area contributed by atoms with E-state index in [4.69, 9.17) is 9.84 Å².